The molecule has 1 aromatic rings. The van der Waals surface area contributed by atoms with E-state index in [2.05, 4.69) is 21.3 Å². The highest BCUT2D eigenvalue weighted by Gasteiger charge is 2.31. The minimum Gasteiger partial charge on any atom is -0.508 e. The lowest BCUT2D eigenvalue weighted by molar-refractivity contribution is -0.142. The number of rotatable bonds is 15. The van der Waals surface area contributed by atoms with E-state index >= 15 is 0 Å². The molecule has 1 heterocycles. The quantitative estimate of drug-likeness (QED) is 0.150. The zero-order valence-electron chi connectivity index (χ0n) is 20.7. The average Bonchev–Trinajstić information content (AvgIpc) is 3.40. The van der Waals surface area contributed by atoms with Crippen molar-refractivity contribution in [3.63, 3.8) is 0 Å². The molecule has 2 rings (SSSR count). The predicted molar refractivity (Wildman–Crippen MR) is 138 cm³/mol. The molecule has 4 unspecified atom stereocenters. The molecule has 0 spiro atoms. The molecule has 12 nitrogen and oxygen atoms in total. The number of carboxylic acid groups (broad SMARTS) is 1. The van der Waals surface area contributed by atoms with Crippen LogP contribution in [0.5, 0.6) is 5.75 Å². The van der Waals surface area contributed by atoms with E-state index in [9.17, 15) is 34.2 Å². The van der Waals surface area contributed by atoms with E-state index in [1.54, 1.807) is 12.1 Å². The van der Waals surface area contributed by atoms with Crippen LogP contribution in [0.15, 0.2) is 24.3 Å². The summed E-state index contributed by atoms with van der Waals surface area (Å²) >= 11 is 1.44. The number of primary amides is 1. The first-order valence-corrected chi connectivity index (χ1v) is 13.4. The van der Waals surface area contributed by atoms with Crippen LogP contribution in [-0.2, 0) is 30.4 Å². The molecule has 8 N–H and O–H groups in total. The van der Waals surface area contributed by atoms with Gasteiger partial charge in [0.05, 0.1) is 6.04 Å². The van der Waals surface area contributed by atoms with Gasteiger partial charge < -0.3 is 37.2 Å². The second kappa shape index (κ2) is 15.1. The molecular formula is C24H35N5O7S. The monoisotopic (exact) mass is 537 g/mol. The summed E-state index contributed by atoms with van der Waals surface area (Å²) < 4.78 is 0. The molecule has 0 aromatic heterocycles. The van der Waals surface area contributed by atoms with Crippen LogP contribution in [0.3, 0.4) is 0 Å². The number of phenols is 1. The van der Waals surface area contributed by atoms with Crippen molar-refractivity contribution < 1.29 is 34.2 Å². The number of nitrogens with two attached hydrogens (primary N) is 1. The third-order valence-electron chi connectivity index (χ3n) is 5.92. The molecular weight excluding hydrogens is 502 g/mol. The van der Waals surface area contributed by atoms with Gasteiger partial charge in [0.1, 0.15) is 23.9 Å². The fourth-order valence-corrected chi connectivity index (χ4v) is 4.32. The summed E-state index contributed by atoms with van der Waals surface area (Å²) in [7, 11) is 0. The van der Waals surface area contributed by atoms with E-state index in [1.807, 2.05) is 6.26 Å². The van der Waals surface area contributed by atoms with Crippen LogP contribution in [0.1, 0.15) is 37.7 Å². The summed E-state index contributed by atoms with van der Waals surface area (Å²) in [6, 6.07) is 2.33. The third kappa shape index (κ3) is 10.3. The number of nitrogens with one attached hydrogen (secondary N) is 4. The minimum absolute atomic E-state index is 0.0575. The van der Waals surface area contributed by atoms with Crippen molar-refractivity contribution in [2.45, 2.75) is 62.7 Å². The van der Waals surface area contributed by atoms with Crippen LogP contribution in [-0.4, -0.2) is 82.5 Å². The molecule has 0 radical (unpaired) electrons. The lowest BCUT2D eigenvalue weighted by Crippen LogP contribution is -2.57. The molecule has 4 atom stereocenters. The van der Waals surface area contributed by atoms with E-state index < -0.39 is 47.9 Å². The maximum absolute atomic E-state index is 13.3. The number of carbonyl (C=O) groups excluding carboxylic acids is 4. The van der Waals surface area contributed by atoms with Crippen molar-refractivity contribution in [3.05, 3.63) is 29.8 Å². The molecule has 1 aliphatic rings. The van der Waals surface area contributed by atoms with E-state index in [0.29, 0.717) is 24.3 Å². The van der Waals surface area contributed by atoms with Crippen molar-refractivity contribution in [1.29, 1.82) is 0 Å². The number of amides is 4. The fourth-order valence-electron chi connectivity index (χ4n) is 3.85. The molecule has 0 bridgehead atoms. The van der Waals surface area contributed by atoms with Crippen LogP contribution in [0.4, 0.5) is 0 Å². The van der Waals surface area contributed by atoms with Crippen molar-refractivity contribution >= 4 is 41.4 Å². The van der Waals surface area contributed by atoms with E-state index in [4.69, 9.17) is 5.73 Å². The molecule has 204 valence electrons. The third-order valence-corrected chi connectivity index (χ3v) is 6.57. The Hall–Kier alpha value is -3.32. The molecule has 1 aliphatic heterocycles. The van der Waals surface area contributed by atoms with Crippen LogP contribution >= 0.6 is 11.8 Å². The van der Waals surface area contributed by atoms with E-state index in [0.717, 1.165) is 6.42 Å². The maximum atomic E-state index is 13.3. The number of aromatic hydroxyl groups is 1. The first kappa shape index (κ1) is 29.9. The molecule has 1 aromatic carbocycles. The van der Waals surface area contributed by atoms with Gasteiger partial charge in [-0.25, -0.2) is 4.79 Å². The Morgan fingerprint density at radius 2 is 1.68 bits per heavy atom. The first-order valence-electron chi connectivity index (χ1n) is 12.0. The molecule has 37 heavy (non-hydrogen) atoms. The number of hydrogen-bond donors (Lipinski definition) is 7. The maximum Gasteiger partial charge on any atom is 0.326 e. The molecule has 1 saturated heterocycles. The van der Waals surface area contributed by atoms with Crippen LogP contribution in [0, 0.1) is 0 Å². The fraction of sp³-hybridized carbons (Fsp3) is 0.542. The molecule has 0 aliphatic carbocycles. The van der Waals surface area contributed by atoms with Gasteiger partial charge in [0.15, 0.2) is 0 Å². The summed E-state index contributed by atoms with van der Waals surface area (Å²) in [5.41, 5.74) is 5.78. The Labute approximate surface area is 219 Å². The van der Waals surface area contributed by atoms with Gasteiger partial charge in [-0.2, -0.15) is 11.8 Å². The summed E-state index contributed by atoms with van der Waals surface area (Å²) in [5.74, 6) is -3.13. The number of thioether (sulfide) groups is 1. The highest BCUT2D eigenvalue weighted by molar-refractivity contribution is 7.98. The van der Waals surface area contributed by atoms with E-state index in [-0.39, 0.29) is 37.3 Å². The second-order valence-electron chi connectivity index (χ2n) is 8.83. The van der Waals surface area contributed by atoms with Crippen LogP contribution in [0.2, 0.25) is 0 Å². The van der Waals surface area contributed by atoms with Crippen molar-refractivity contribution in [2.75, 3.05) is 18.6 Å². The second-order valence-corrected chi connectivity index (χ2v) is 9.81. The summed E-state index contributed by atoms with van der Waals surface area (Å²) in [6.45, 7) is 0.699. The standard InChI is InChI=1S/C24H35N5O7S/c1-37-12-10-17(22(33)28-18(24(35)36)8-9-20(25)31)27-23(34)19(13-14-4-6-15(30)7-5-14)29-21(32)16-3-2-11-26-16/h4-7,16-19,26,30H,2-3,8-13H2,1H3,(H2,25,31)(H,27,34)(H,28,33)(H,29,32)(H,35,36). The zero-order valence-corrected chi connectivity index (χ0v) is 21.5. The van der Waals surface area contributed by atoms with Crippen molar-refractivity contribution in [2.24, 2.45) is 5.73 Å². The largest absolute Gasteiger partial charge is 0.508 e. The number of hydrogen-bond acceptors (Lipinski definition) is 8. The molecule has 1 fully saturated rings. The Morgan fingerprint density at radius 3 is 2.24 bits per heavy atom. The number of carbonyl (C=O) groups is 5. The lowest BCUT2D eigenvalue weighted by atomic mass is 10.0. The Balaban J connectivity index is 2.17. The number of benzene rings is 1. The highest BCUT2D eigenvalue weighted by atomic mass is 32.2. The normalized spacial score (nSPS) is 17.3. The van der Waals surface area contributed by atoms with Gasteiger partial charge in [-0.15, -0.1) is 0 Å². The van der Waals surface area contributed by atoms with Crippen LogP contribution < -0.4 is 27.0 Å². The Kier molecular flexibility index (Phi) is 12.2. The molecule has 4 amide bonds. The van der Waals surface area contributed by atoms with Gasteiger partial charge in [-0.3, -0.25) is 19.2 Å². The highest BCUT2D eigenvalue weighted by Crippen LogP contribution is 2.13. The topological polar surface area (TPSA) is 200 Å². The lowest BCUT2D eigenvalue weighted by Gasteiger charge is -2.25. The predicted octanol–water partition coefficient (Wildman–Crippen LogP) is -0.756. The van der Waals surface area contributed by atoms with Gasteiger partial charge in [-0.1, -0.05) is 12.1 Å². The van der Waals surface area contributed by atoms with Crippen LogP contribution in [0.25, 0.3) is 0 Å². The number of phenolic OH excluding ortho intramolecular Hbond substituents is 1. The zero-order chi connectivity index (χ0) is 27.4. The average molecular weight is 538 g/mol. The number of carboxylic acids is 1. The van der Waals surface area contributed by atoms with Gasteiger partial charge in [0.25, 0.3) is 0 Å². The Morgan fingerprint density at radius 1 is 1.03 bits per heavy atom. The van der Waals surface area contributed by atoms with Gasteiger partial charge in [-0.05, 0) is 61.9 Å². The van der Waals surface area contributed by atoms with Crippen molar-refractivity contribution in [1.82, 2.24) is 21.3 Å². The van der Waals surface area contributed by atoms with Gasteiger partial charge in [0, 0.05) is 12.8 Å². The van der Waals surface area contributed by atoms with Gasteiger partial charge >= 0.3 is 5.97 Å². The van der Waals surface area contributed by atoms with Crippen molar-refractivity contribution in [3.8, 4) is 5.75 Å². The SMILES string of the molecule is CSCCC(NC(=O)C(Cc1ccc(O)cc1)NC(=O)C1CCCN1)C(=O)NC(CCC(N)=O)C(=O)O. The number of aliphatic carboxylic acids is 1. The van der Waals surface area contributed by atoms with E-state index in [1.165, 1.54) is 23.9 Å². The molecule has 13 heteroatoms. The first-order chi connectivity index (χ1) is 17.6. The van der Waals surface area contributed by atoms with Gasteiger partial charge in [0.2, 0.25) is 23.6 Å². The Bertz CT molecular complexity index is 953. The smallest absolute Gasteiger partial charge is 0.326 e. The summed E-state index contributed by atoms with van der Waals surface area (Å²) in [4.78, 5) is 61.7. The summed E-state index contributed by atoms with van der Waals surface area (Å²) in [6.07, 6.45) is 3.21. The summed E-state index contributed by atoms with van der Waals surface area (Å²) in [5, 5.41) is 29.8. The minimum atomic E-state index is -1.35. The molecule has 0 saturated carbocycles.